The maximum Gasteiger partial charge on any atom is 0.240 e. The van der Waals surface area contributed by atoms with Crippen LogP contribution in [-0.4, -0.2) is 25.5 Å². The van der Waals surface area contributed by atoms with Crippen molar-refractivity contribution >= 4 is 10.0 Å². The van der Waals surface area contributed by atoms with E-state index in [4.69, 9.17) is 4.74 Å². The number of benzene rings is 1. The van der Waals surface area contributed by atoms with Gasteiger partial charge in [-0.3, -0.25) is 0 Å². The Bertz CT molecular complexity index is 799. The van der Waals surface area contributed by atoms with Crippen molar-refractivity contribution < 1.29 is 17.5 Å². The third-order valence-electron chi connectivity index (χ3n) is 4.29. The molecule has 3 rings (SSSR count). The SMILES string of the molecule is Cc1ccc(OC2CCC(NS(=O)(=O)c3ccc(F)cc3)CC2)nc1. The van der Waals surface area contributed by atoms with Crippen molar-refractivity contribution in [2.75, 3.05) is 0 Å². The van der Waals surface area contributed by atoms with Crippen LogP contribution in [0.25, 0.3) is 0 Å². The zero-order valence-corrected chi connectivity index (χ0v) is 14.8. The van der Waals surface area contributed by atoms with Crippen LogP contribution < -0.4 is 9.46 Å². The van der Waals surface area contributed by atoms with Crippen molar-refractivity contribution in [1.82, 2.24) is 9.71 Å². The summed E-state index contributed by atoms with van der Waals surface area (Å²) in [5.41, 5.74) is 1.08. The molecule has 5 nitrogen and oxygen atoms in total. The normalized spacial score (nSPS) is 21.0. The van der Waals surface area contributed by atoms with E-state index in [1.165, 1.54) is 12.1 Å². The Morgan fingerprint density at radius 1 is 1.08 bits per heavy atom. The summed E-state index contributed by atoms with van der Waals surface area (Å²) >= 11 is 0. The summed E-state index contributed by atoms with van der Waals surface area (Å²) in [6.07, 6.45) is 4.70. The van der Waals surface area contributed by atoms with Crippen molar-refractivity contribution in [3.63, 3.8) is 0 Å². The molecule has 1 heterocycles. The van der Waals surface area contributed by atoms with E-state index < -0.39 is 15.8 Å². The van der Waals surface area contributed by atoms with Gasteiger partial charge in [-0.15, -0.1) is 0 Å². The molecule has 0 amide bonds. The minimum absolute atomic E-state index is 0.0433. The Morgan fingerprint density at radius 3 is 2.36 bits per heavy atom. The van der Waals surface area contributed by atoms with Crippen molar-refractivity contribution in [2.45, 2.75) is 49.6 Å². The first kappa shape index (κ1) is 17.8. The summed E-state index contributed by atoms with van der Waals surface area (Å²) in [5.74, 6) is 0.141. The van der Waals surface area contributed by atoms with Crippen LogP contribution in [0.15, 0.2) is 47.5 Å². The van der Waals surface area contributed by atoms with Gasteiger partial charge in [-0.2, -0.15) is 0 Å². The maximum absolute atomic E-state index is 12.9. The number of hydrogen-bond donors (Lipinski definition) is 1. The molecule has 0 spiro atoms. The summed E-state index contributed by atoms with van der Waals surface area (Å²) in [6.45, 7) is 1.97. The van der Waals surface area contributed by atoms with Crippen molar-refractivity contribution in [3.05, 3.63) is 54.0 Å². The van der Waals surface area contributed by atoms with E-state index in [1.807, 2.05) is 19.1 Å². The molecule has 1 aliphatic rings. The molecule has 0 radical (unpaired) electrons. The molecule has 0 aliphatic heterocycles. The monoisotopic (exact) mass is 364 g/mol. The maximum atomic E-state index is 12.9. The van der Waals surface area contributed by atoms with E-state index in [1.54, 1.807) is 6.20 Å². The Morgan fingerprint density at radius 2 is 1.76 bits per heavy atom. The Labute approximate surface area is 147 Å². The second-order valence-corrected chi connectivity index (χ2v) is 8.05. The average molecular weight is 364 g/mol. The molecule has 2 aromatic rings. The second-order valence-electron chi connectivity index (χ2n) is 6.34. The van der Waals surface area contributed by atoms with Crippen LogP contribution in [0.5, 0.6) is 5.88 Å². The van der Waals surface area contributed by atoms with Gasteiger partial charge in [0.1, 0.15) is 11.9 Å². The van der Waals surface area contributed by atoms with Gasteiger partial charge in [0.25, 0.3) is 0 Å². The molecular formula is C18H21FN2O3S. The molecule has 134 valence electrons. The van der Waals surface area contributed by atoms with Crippen molar-refractivity contribution in [1.29, 1.82) is 0 Å². The van der Waals surface area contributed by atoms with Gasteiger partial charge in [0.05, 0.1) is 4.90 Å². The molecule has 1 N–H and O–H groups in total. The van der Waals surface area contributed by atoms with E-state index in [2.05, 4.69) is 9.71 Å². The second kappa shape index (κ2) is 7.49. The molecule has 25 heavy (non-hydrogen) atoms. The van der Waals surface area contributed by atoms with Crippen LogP contribution in [0.1, 0.15) is 31.2 Å². The van der Waals surface area contributed by atoms with E-state index in [-0.39, 0.29) is 17.0 Å². The summed E-state index contributed by atoms with van der Waals surface area (Å²) < 4.78 is 46.2. The van der Waals surface area contributed by atoms with Crippen LogP contribution in [-0.2, 0) is 10.0 Å². The lowest BCUT2D eigenvalue weighted by molar-refractivity contribution is 0.138. The highest BCUT2D eigenvalue weighted by molar-refractivity contribution is 7.89. The van der Waals surface area contributed by atoms with Gasteiger partial charge in [-0.25, -0.2) is 22.5 Å². The predicted octanol–water partition coefficient (Wildman–Crippen LogP) is 3.20. The zero-order valence-electron chi connectivity index (χ0n) is 14.0. The Kier molecular flexibility index (Phi) is 5.34. The lowest BCUT2D eigenvalue weighted by atomic mass is 9.94. The Hall–Kier alpha value is -1.99. The van der Waals surface area contributed by atoms with Gasteiger partial charge < -0.3 is 4.74 Å². The molecule has 7 heteroatoms. The molecular weight excluding hydrogens is 343 g/mol. The molecule has 1 fully saturated rings. The highest BCUT2D eigenvalue weighted by Gasteiger charge is 2.26. The average Bonchev–Trinajstić information content (AvgIpc) is 2.59. The van der Waals surface area contributed by atoms with Crippen LogP contribution in [0.4, 0.5) is 4.39 Å². The van der Waals surface area contributed by atoms with Crippen LogP contribution in [0.2, 0.25) is 0 Å². The number of nitrogens with one attached hydrogen (secondary N) is 1. The number of pyridine rings is 1. The minimum Gasteiger partial charge on any atom is -0.474 e. The predicted molar refractivity (Wildman–Crippen MR) is 92.4 cm³/mol. The first-order valence-electron chi connectivity index (χ1n) is 8.29. The standard InChI is InChI=1S/C18H21FN2O3S/c1-13-2-11-18(20-12-13)24-16-7-5-15(6-8-16)21-25(22,23)17-9-3-14(19)4-10-17/h2-4,9-12,15-16,21H,5-8H2,1H3. The third-order valence-corrected chi connectivity index (χ3v) is 5.83. The summed E-state index contributed by atoms with van der Waals surface area (Å²) in [5, 5.41) is 0. The van der Waals surface area contributed by atoms with Gasteiger partial charge in [0.2, 0.25) is 15.9 Å². The lowest BCUT2D eigenvalue weighted by Crippen LogP contribution is -2.39. The van der Waals surface area contributed by atoms with Gasteiger partial charge in [-0.05, 0) is 62.4 Å². The van der Waals surface area contributed by atoms with Gasteiger partial charge in [0.15, 0.2) is 0 Å². The summed E-state index contributed by atoms with van der Waals surface area (Å²) in [6, 6.07) is 8.50. The molecule has 0 atom stereocenters. The largest absolute Gasteiger partial charge is 0.474 e. The van der Waals surface area contributed by atoms with Gasteiger partial charge >= 0.3 is 0 Å². The highest BCUT2D eigenvalue weighted by Crippen LogP contribution is 2.24. The van der Waals surface area contributed by atoms with E-state index >= 15 is 0 Å². The van der Waals surface area contributed by atoms with E-state index in [0.717, 1.165) is 30.5 Å². The first-order valence-corrected chi connectivity index (χ1v) is 9.78. The number of aromatic nitrogens is 1. The topological polar surface area (TPSA) is 68.3 Å². The molecule has 0 unspecified atom stereocenters. The fourth-order valence-corrected chi connectivity index (χ4v) is 4.20. The van der Waals surface area contributed by atoms with E-state index in [9.17, 15) is 12.8 Å². The highest BCUT2D eigenvalue weighted by atomic mass is 32.2. The lowest BCUT2D eigenvalue weighted by Gasteiger charge is -2.29. The minimum atomic E-state index is -3.63. The van der Waals surface area contributed by atoms with Crippen LogP contribution in [0.3, 0.4) is 0 Å². The molecule has 0 bridgehead atoms. The quantitative estimate of drug-likeness (QED) is 0.885. The first-order chi connectivity index (χ1) is 11.9. The Balaban J connectivity index is 1.53. The smallest absolute Gasteiger partial charge is 0.240 e. The van der Waals surface area contributed by atoms with Crippen molar-refractivity contribution in [2.24, 2.45) is 0 Å². The number of aryl methyl sites for hydroxylation is 1. The number of halogens is 1. The fourth-order valence-electron chi connectivity index (χ4n) is 2.89. The molecule has 0 saturated heterocycles. The summed E-state index contributed by atoms with van der Waals surface area (Å²) in [7, 11) is -3.63. The molecule has 1 aliphatic carbocycles. The molecule has 1 saturated carbocycles. The number of rotatable bonds is 5. The zero-order chi connectivity index (χ0) is 17.9. The van der Waals surface area contributed by atoms with Gasteiger partial charge in [-0.1, -0.05) is 6.07 Å². The molecule has 1 aromatic carbocycles. The number of ether oxygens (including phenoxy) is 1. The summed E-state index contributed by atoms with van der Waals surface area (Å²) in [4.78, 5) is 4.31. The van der Waals surface area contributed by atoms with Crippen LogP contribution >= 0.6 is 0 Å². The number of sulfonamides is 1. The third kappa shape index (κ3) is 4.76. The fraction of sp³-hybridized carbons (Fsp3) is 0.389. The van der Waals surface area contributed by atoms with Crippen LogP contribution in [0, 0.1) is 12.7 Å². The molecule has 1 aromatic heterocycles. The number of nitrogens with zero attached hydrogens (tertiary/aromatic N) is 1. The number of hydrogen-bond acceptors (Lipinski definition) is 4. The van der Waals surface area contributed by atoms with E-state index in [0.29, 0.717) is 18.7 Å². The van der Waals surface area contributed by atoms with Gasteiger partial charge in [0, 0.05) is 18.3 Å². The van der Waals surface area contributed by atoms with Crippen molar-refractivity contribution in [3.8, 4) is 5.88 Å².